The van der Waals surface area contributed by atoms with E-state index in [4.69, 9.17) is 9.15 Å². The second kappa shape index (κ2) is 9.27. The Labute approximate surface area is 175 Å². The third-order valence-electron chi connectivity index (χ3n) is 4.88. The molecule has 0 unspecified atom stereocenters. The summed E-state index contributed by atoms with van der Waals surface area (Å²) >= 11 is 0. The van der Waals surface area contributed by atoms with Crippen molar-refractivity contribution in [1.82, 2.24) is 10.3 Å². The lowest BCUT2D eigenvalue weighted by Crippen LogP contribution is -2.23. The zero-order valence-electron chi connectivity index (χ0n) is 16.9. The molecule has 0 spiro atoms. The molecule has 3 aromatic carbocycles. The van der Waals surface area contributed by atoms with Gasteiger partial charge in [-0.25, -0.2) is 4.98 Å². The first kappa shape index (κ1) is 19.7. The van der Waals surface area contributed by atoms with Crippen LogP contribution in [0.15, 0.2) is 77.2 Å². The quantitative estimate of drug-likeness (QED) is 0.455. The van der Waals surface area contributed by atoms with Crippen LogP contribution in [0.25, 0.3) is 11.1 Å². The van der Waals surface area contributed by atoms with E-state index in [2.05, 4.69) is 22.4 Å². The summed E-state index contributed by atoms with van der Waals surface area (Å²) in [6.07, 6.45) is 1.58. The number of carbonyl (C=O) groups is 1. The molecule has 1 N–H and O–H groups in total. The number of rotatable bonds is 8. The zero-order chi connectivity index (χ0) is 20.8. The molecule has 1 amide bonds. The molecular weight excluding hydrogens is 376 g/mol. The fourth-order valence-corrected chi connectivity index (χ4v) is 3.34. The van der Waals surface area contributed by atoms with Gasteiger partial charge in [-0.1, -0.05) is 48.5 Å². The molecular formula is C25H24N2O3. The van der Waals surface area contributed by atoms with Crippen LogP contribution in [0.5, 0.6) is 5.75 Å². The lowest BCUT2D eigenvalue weighted by atomic mass is 10.1. The maximum atomic E-state index is 12.6. The number of oxazole rings is 1. The SMILES string of the molecule is CCOc1ccccc1CNC(=O)c1ccc2nc(CCc3ccccc3)oc2c1. The number of ether oxygens (including phenoxy) is 1. The summed E-state index contributed by atoms with van der Waals surface area (Å²) in [6.45, 7) is 2.92. The van der Waals surface area contributed by atoms with Crippen molar-refractivity contribution in [2.75, 3.05) is 6.61 Å². The van der Waals surface area contributed by atoms with Gasteiger partial charge in [0.05, 0.1) is 6.61 Å². The van der Waals surface area contributed by atoms with Crippen LogP contribution in [0.2, 0.25) is 0 Å². The number of para-hydroxylation sites is 1. The molecule has 0 atom stereocenters. The number of benzene rings is 3. The summed E-state index contributed by atoms with van der Waals surface area (Å²) in [7, 11) is 0. The highest BCUT2D eigenvalue weighted by Gasteiger charge is 2.12. The summed E-state index contributed by atoms with van der Waals surface area (Å²) in [5.74, 6) is 1.30. The molecule has 1 heterocycles. The van der Waals surface area contributed by atoms with Crippen LogP contribution in [-0.2, 0) is 19.4 Å². The van der Waals surface area contributed by atoms with Crippen molar-refractivity contribution in [3.8, 4) is 5.75 Å². The highest BCUT2D eigenvalue weighted by Crippen LogP contribution is 2.20. The van der Waals surface area contributed by atoms with Crippen LogP contribution >= 0.6 is 0 Å². The molecule has 4 rings (SSSR count). The number of fused-ring (bicyclic) bond motifs is 1. The van der Waals surface area contributed by atoms with Gasteiger partial charge in [0.2, 0.25) is 0 Å². The van der Waals surface area contributed by atoms with Gasteiger partial charge in [-0.05, 0) is 43.2 Å². The molecule has 152 valence electrons. The first-order valence-corrected chi connectivity index (χ1v) is 10.1. The van der Waals surface area contributed by atoms with E-state index in [1.807, 2.05) is 55.5 Å². The van der Waals surface area contributed by atoms with Crippen molar-refractivity contribution < 1.29 is 13.9 Å². The van der Waals surface area contributed by atoms with Gasteiger partial charge >= 0.3 is 0 Å². The molecule has 0 aliphatic rings. The molecule has 0 fully saturated rings. The molecule has 0 bridgehead atoms. The Hall–Kier alpha value is -3.60. The Kier molecular flexibility index (Phi) is 6.09. The minimum absolute atomic E-state index is 0.162. The Bertz CT molecular complexity index is 1140. The molecule has 4 aromatic rings. The first-order chi connectivity index (χ1) is 14.7. The van der Waals surface area contributed by atoms with E-state index in [9.17, 15) is 4.79 Å². The fourth-order valence-electron chi connectivity index (χ4n) is 3.34. The highest BCUT2D eigenvalue weighted by molar-refractivity contribution is 5.97. The number of amides is 1. The number of aromatic nitrogens is 1. The van der Waals surface area contributed by atoms with E-state index in [0.717, 1.165) is 23.3 Å². The lowest BCUT2D eigenvalue weighted by Gasteiger charge is -2.11. The number of nitrogens with one attached hydrogen (secondary N) is 1. The van der Waals surface area contributed by atoms with Crippen molar-refractivity contribution in [3.63, 3.8) is 0 Å². The van der Waals surface area contributed by atoms with Gasteiger partial charge in [0.1, 0.15) is 11.3 Å². The lowest BCUT2D eigenvalue weighted by molar-refractivity contribution is 0.0950. The van der Waals surface area contributed by atoms with Gasteiger partial charge in [-0.2, -0.15) is 0 Å². The van der Waals surface area contributed by atoms with E-state index in [0.29, 0.717) is 36.6 Å². The largest absolute Gasteiger partial charge is 0.494 e. The van der Waals surface area contributed by atoms with Crippen molar-refractivity contribution >= 4 is 17.0 Å². The number of nitrogens with zero attached hydrogens (tertiary/aromatic N) is 1. The summed E-state index contributed by atoms with van der Waals surface area (Å²) in [6, 6.07) is 23.3. The van der Waals surface area contributed by atoms with Gasteiger partial charge in [-0.3, -0.25) is 4.79 Å². The molecule has 0 saturated carbocycles. The summed E-state index contributed by atoms with van der Waals surface area (Å²) in [5, 5.41) is 2.95. The Balaban J connectivity index is 1.42. The van der Waals surface area contributed by atoms with Gasteiger partial charge in [0.25, 0.3) is 5.91 Å². The van der Waals surface area contributed by atoms with Crippen LogP contribution in [0.1, 0.15) is 34.3 Å². The van der Waals surface area contributed by atoms with Crippen LogP contribution in [-0.4, -0.2) is 17.5 Å². The average Bonchev–Trinajstić information content (AvgIpc) is 3.20. The molecule has 0 saturated heterocycles. The van der Waals surface area contributed by atoms with E-state index < -0.39 is 0 Å². The highest BCUT2D eigenvalue weighted by atomic mass is 16.5. The zero-order valence-corrected chi connectivity index (χ0v) is 16.9. The monoisotopic (exact) mass is 400 g/mol. The Morgan fingerprint density at radius 3 is 2.63 bits per heavy atom. The second-order valence-corrected chi connectivity index (χ2v) is 7.00. The fraction of sp³-hybridized carbons (Fsp3) is 0.200. The number of hydrogen-bond donors (Lipinski definition) is 1. The van der Waals surface area contributed by atoms with Gasteiger partial charge < -0.3 is 14.5 Å². The number of carbonyl (C=O) groups excluding carboxylic acids is 1. The minimum atomic E-state index is -0.162. The summed E-state index contributed by atoms with van der Waals surface area (Å²) in [5.41, 5.74) is 4.11. The molecule has 1 aromatic heterocycles. The second-order valence-electron chi connectivity index (χ2n) is 7.00. The van der Waals surface area contributed by atoms with Crippen LogP contribution in [0, 0.1) is 0 Å². The third kappa shape index (κ3) is 4.69. The van der Waals surface area contributed by atoms with E-state index in [1.165, 1.54) is 5.56 Å². The van der Waals surface area contributed by atoms with Crippen LogP contribution in [0.4, 0.5) is 0 Å². The number of hydrogen-bond acceptors (Lipinski definition) is 4. The van der Waals surface area contributed by atoms with Gasteiger partial charge in [0, 0.05) is 24.1 Å². The topological polar surface area (TPSA) is 64.4 Å². The summed E-state index contributed by atoms with van der Waals surface area (Å²) < 4.78 is 11.5. The van der Waals surface area contributed by atoms with Crippen molar-refractivity contribution in [2.24, 2.45) is 0 Å². The smallest absolute Gasteiger partial charge is 0.251 e. The molecule has 0 aliphatic carbocycles. The van der Waals surface area contributed by atoms with Gasteiger partial charge in [0.15, 0.2) is 11.5 Å². The standard InChI is InChI=1S/C25H24N2O3/c1-2-29-22-11-7-6-10-20(22)17-26-25(28)19-13-14-21-23(16-19)30-24(27-21)15-12-18-8-4-3-5-9-18/h3-11,13-14,16H,2,12,15,17H2,1H3,(H,26,28). The molecule has 5 heteroatoms. The van der Waals surface area contributed by atoms with E-state index in [-0.39, 0.29) is 5.91 Å². The Morgan fingerprint density at radius 2 is 1.80 bits per heavy atom. The summed E-state index contributed by atoms with van der Waals surface area (Å²) in [4.78, 5) is 17.2. The predicted octanol–water partition coefficient (Wildman–Crippen LogP) is 4.94. The van der Waals surface area contributed by atoms with Crippen LogP contribution < -0.4 is 10.1 Å². The maximum Gasteiger partial charge on any atom is 0.251 e. The van der Waals surface area contributed by atoms with Crippen molar-refractivity contribution in [3.05, 3.63) is 95.4 Å². The predicted molar refractivity (Wildman–Crippen MR) is 117 cm³/mol. The third-order valence-corrected chi connectivity index (χ3v) is 4.88. The first-order valence-electron chi connectivity index (χ1n) is 10.1. The van der Waals surface area contributed by atoms with Crippen molar-refractivity contribution in [2.45, 2.75) is 26.3 Å². The molecule has 0 aliphatic heterocycles. The van der Waals surface area contributed by atoms with Gasteiger partial charge in [-0.15, -0.1) is 0 Å². The van der Waals surface area contributed by atoms with Crippen LogP contribution in [0.3, 0.4) is 0 Å². The normalized spacial score (nSPS) is 10.8. The van der Waals surface area contributed by atoms with E-state index in [1.54, 1.807) is 12.1 Å². The van der Waals surface area contributed by atoms with Crippen molar-refractivity contribution in [1.29, 1.82) is 0 Å². The minimum Gasteiger partial charge on any atom is -0.494 e. The average molecular weight is 400 g/mol. The number of aryl methyl sites for hydroxylation is 2. The van der Waals surface area contributed by atoms with E-state index >= 15 is 0 Å². The molecule has 0 radical (unpaired) electrons. The maximum absolute atomic E-state index is 12.6. The molecule has 30 heavy (non-hydrogen) atoms. The molecule has 5 nitrogen and oxygen atoms in total. The Morgan fingerprint density at radius 1 is 1.00 bits per heavy atom.